The molecule has 2 rings (SSSR count). The van der Waals surface area contributed by atoms with Gasteiger partial charge in [-0.05, 0) is 50.0 Å². The molecule has 4 nitrogen and oxygen atoms in total. The van der Waals surface area contributed by atoms with E-state index < -0.39 is 6.04 Å². The molecule has 2 N–H and O–H groups in total. The van der Waals surface area contributed by atoms with Crippen molar-refractivity contribution in [1.82, 2.24) is 10.6 Å². The predicted octanol–water partition coefficient (Wildman–Crippen LogP) is 4.22. The highest BCUT2D eigenvalue weighted by molar-refractivity contribution is 5.89. The highest BCUT2D eigenvalue weighted by Crippen LogP contribution is 2.28. The monoisotopic (exact) mass is 358 g/mol. The molecule has 1 aromatic carbocycles. The summed E-state index contributed by atoms with van der Waals surface area (Å²) >= 11 is 0. The second-order valence-electron chi connectivity index (χ2n) is 7.97. The van der Waals surface area contributed by atoms with Crippen LogP contribution in [0.25, 0.3) is 0 Å². The molecule has 4 heteroatoms. The van der Waals surface area contributed by atoms with Crippen LogP contribution in [0.1, 0.15) is 71.4 Å². The minimum Gasteiger partial charge on any atom is -0.348 e. The fourth-order valence-corrected chi connectivity index (χ4v) is 3.62. The topological polar surface area (TPSA) is 58.2 Å². The Balaban J connectivity index is 1.99. The van der Waals surface area contributed by atoms with Crippen molar-refractivity contribution in [2.45, 2.75) is 71.9 Å². The largest absolute Gasteiger partial charge is 0.348 e. The summed E-state index contributed by atoms with van der Waals surface area (Å²) in [6.07, 6.45) is 4.91. The van der Waals surface area contributed by atoms with Gasteiger partial charge < -0.3 is 10.6 Å². The summed E-state index contributed by atoms with van der Waals surface area (Å²) in [4.78, 5) is 25.6. The van der Waals surface area contributed by atoms with Crippen molar-refractivity contribution in [3.8, 4) is 0 Å². The Labute approximate surface area is 158 Å². The SMILES string of the molecule is CC[C@H](C)[C@@H](NC(=O)C1CCC(C)CC1)C(=O)N[C@@H](C)c1ccccc1. The second-order valence-corrected chi connectivity index (χ2v) is 7.97. The van der Waals surface area contributed by atoms with Crippen LogP contribution < -0.4 is 10.6 Å². The van der Waals surface area contributed by atoms with Crippen molar-refractivity contribution in [1.29, 1.82) is 0 Å². The van der Waals surface area contributed by atoms with E-state index in [1.807, 2.05) is 44.2 Å². The van der Waals surface area contributed by atoms with Gasteiger partial charge in [0, 0.05) is 5.92 Å². The second kappa shape index (κ2) is 9.75. The normalized spacial score (nSPS) is 23.5. The van der Waals surface area contributed by atoms with E-state index >= 15 is 0 Å². The lowest BCUT2D eigenvalue weighted by molar-refractivity contribution is -0.133. The molecule has 144 valence electrons. The minimum absolute atomic E-state index is 0.0460. The Hall–Kier alpha value is -1.84. The highest BCUT2D eigenvalue weighted by atomic mass is 16.2. The zero-order chi connectivity index (χ0) is 19.1. The van der Waals surface area contributed by atoms with Crippen LogP contribution in [-0.2, 0) is 9.59 Å². The molecular weight excluding hydrogens is 324 g/mol. The molecular formula is C22H34N2O2. The first-order chi connectivity index (χ1) is 12.4. The van der Waals surface area contributed by atoms with E-state index in [4.69, 9.17) is 0 Å². The van der Waals surface area contributed by atoms with Gasteiger partial charge in [-0.25, -0.2) is 0 Å². The Morgan fingerprint density at radius 3 is 2.23 bits per heavy atom. The van der Waals surface area contributed by atoms with Crippen LogP contribution in [0.3, 0.4) is 0 Å². The fraction of sp³-hybridized carbons (Fsp3) is 0.636. The Morgan fingerprint density at radius 2 is 1.65 bits per heavy atom. The van der Waals surface area contributed by atoms with Crippen molar-refractivity contribution in [2.75, 3.05) is 0 Å². The standard InChI is InChI=1S/C22H34N2O2/c1-5-16(3)20(24-21(25)19-13-11-15(2)12-14-19)22(26)23-17(4)18-9-7-6-8-10-18/h6-10,15-17,19-20H,5,11-14H2,1-4H3,(H,23,26)(H,24,25)/t15?,16-,17-,19?,20+/m0/s1. The number of hydrogen-bond acceptors (Lipinski definition) is 2. The molecule has 0 spiro atoms. The van der Waals surface area contributed by atoms with Gasteiger partial charge in [0.2, 0.25) is 11.8 Å². The van der Waals surface area contributed by atoms with Gasteiger partial charge in [0.15, 0.2) is 0 Å². The maximum atomic E-state index is 12.9. The quantitative estimate of drug-likeness (QED) is 0.767. The van der Waals surface area contributed by atoms with Crippen molar-refractivity contribution in [3.05, 3.63) is 35.9 Å². The van der Waals surface area contributed by atoms with Gasteiger partial charge in [-0.15, -0.1) is 0 Å². The van der Waals surface area contributed by atoms with E-state index in [0.29, 0.717) is 5.92 Å². The number of nitrogens with one attached hydrogen (secondary N) is 2. The van der Waals surface area contributed by atoms with E-state index in [1.165, 1.54) is 0 Å². The van der Waals surface area contributed by atoms with Gasteiger partial charge in [0.25, 0.3) is 0 Å². The smallest absolute Gasteiger partial charge is 0.243 e. The van der Waals surface area contributed by atoms with Gasteiger partial charge in [0.05, 0.1) is 6.04 Å². The molecule has 3 atom stereocenters. The van der Waals surface area contributed by atoms with Gasteiger partial charge in [-0.3, -0.25) is 9.59 Å². The van der Waals surface area contributed by atoms with Crippen molar-refractivity contribution >= 4 is 11.8 Å². The first kappa shape index (κ1) is 20.5. The third kappa shape index (κ3) is 5.58. The molecule has 1 aliphatic rings. The number of rotatable bonds is 7. The molecule has 0 unspecified atom stereocenters. The zero-order valence-corrected chi connectivity index (χ0v) is 16.6. The molecule has 26 heavy (non-hydrogen) atoms. The van der Waals surface area contributed by atoms with Gasteiger partial charge in [0.1, 0.15) is 6.04 Å². The van der Waals surface area contributed by atoms with Crippen molar-refractivity contribution in [3.63, 3.8) is 0 Å². The highest BCUT2D eigenvalue weighted by Gasteiger charge is 2.31. The van der Waals surface area contributed by atoms with Crippen LogP contribution in [0.2, 0.25) is 0 Å². The Kier molecular flexibility index (Phi) is 7.67. The molecule has 0 aromatic heterocycles. The predicted molar refractivity (Wildman–Crippen MR) is 106 cm³/mol. The summed E-state index contributed by atoms with van der Waals surface area (Å²) < 4.78 is 0. The molecule has 0 aliphatic heterocycles. The first-order valence-corrected chi connectivity index (χ1v) is 10.1. The number of hydrogen-bond donors (Lipinski definition) is 2. The van der Waals surface area contributed by atoms with Crippen LogP contribution in [0.4, 0.5) is 0 Å². The maximum Gasteiger partial charge on any atom is 0.243 e. The van der Waals surface area contributed by atoms with Crippen molar-refractivity contribution in [2.24, 2.45) is 17.8 Å². The fourth-order valence-electron chi connectivity index (χ4n) is 3.62. The van der Waals surface area contributed by atoms with Crippen LogP contribution in [0, 0.1) is 17.8 Å². The van der Waals surface area contributed by atoms with Crippen molar-refractivity contribution < 1.29 is 9.59 Å². The van der Waals surface area contributed by atoms with Gasteiger partial charge in [-0.1, -0.05) is 57.5 Å². The summed E-state index contributed by atoms with van der Waals surface area (Å²) in [5.41, 5.74) is 1.07. The van der Waals surface area contributed by atoms with Gasteiger partial charge in [-0.2, -0.15) is 0 Å². The van der Waals surface area contributed by atoms with Gasteiger partial charge >= 0.3 is 0 Å². The van der Waals surface area contributed by atoms with Crippen LogP contribution in [-0.4, -0.2) is 17.9 Å². The lowest BCUT2D eigenvalue weighted by atomic mass is 9.82. The number of carbonyl (C=O) groups excluding carboxylic acids is 2. The molecule has 0 bridgehead atoms. The molecule has 0 saturated heterocycles. The maximum absolute atomic E-state index is 12.9. The lowest BCUT2D eigenvalue weighted by Gasteiger charge is -2.30. The minimum atomic E-state index is -0.474. The molecule has 1 fully saturated rings. The molecule has 1 aliphatic carbocycles. The molecule has 2 amide bonds. The van der Waals surface area contributed by atoms with E-state index in [9.17, 15) is 9.59 Å². The number of benzene rings is 1. The summed E-state index contributed by atoms with van der Waals surface area (Å²) in [5, 5.41) is 6.13. The average molecular weight is 359 g/mol. The summed E-state index contributed by atoms with van der Waals surface area (Å²) in [5.74, 6) is 0.818. The Bertz CT molecular complexity index is 579. The van der Waals surface area contributed by atoms with Crippen LogP contribution in [0.5, 0.6) is 0 Å². The number of amides is 2. The first-order valence-electron chi connectivity index (χ1n) is 10.1. The molecule has 1 saturated carbocycles. The van der Waals surface area contributed by atoms with E-state index in [1.54, 1.807) is 0 Å². The molecule has 1 aromatic rings. The van der Waals surface area contributed by atoms with E-state index in [2.05, 4.69) is 24.5 Å². The van der Waals surface area contributed by atoms with E-state index in [-0.39, 0.29) is 29.7 Å². The lowest BCUT2D eigenvalue weighted by Crippen LogP contribution is -2.52. The zero-order valence-electron chi connectivity index (χ0n) is 16.6. The van der Waals surface area contributed by atoms with Crippen LogP contribution in [0.15, 0.2) is 30.3 Å². The molecule has 0 heterocycles. The third-order valence-corrected chi connectivity index (χ3v) is 5.84. The third-order valence-electron chi connectivity index (χ3n) is 5.84. The average Bonchev–Trinajstić information content (AvgIpc) is 2.66. The van der Waals surface area contributed by atoms with E-state index in [0.717, 1.165) is 37.7 Å². The Morgan fingerprint density at radius 1 is 1.04 bits per heavy atom. The summed E-state index contributed by atoms with van der Waals surface area (Å²) in [6, 6.07) is 9.35. The number of carbonyl (C=O) groups is 2. The summed E-state index contributed by atoms with van der Waals surface area (Å²) in [7, 11) is 0. The van der Waals surface area contributed by atoms with Crippen LogP contribution >= 0.6 is 0 Å². The summed E-state index contributed by atoms with van der Waals surface area (Å²) in [6.45, 7) is 8.31. The molecule has 0 radical (unpaired) electrons.